The van der Waals surface area contributed by atoms with Crippen molar-refractivity contribution in [2.45, 2.75) is 25.4 Å². The van der Waals surface area contributed by atoms with Crippen LogP contribution in [0.25, 0.3) is 10.9 Å². The van der Waals surface area contributed by atoms with Crippen LogP contribution in [0.5, 0.6) is 0 Å². The molecular weight excluding hydrogens is 260 g/mol. The number of halogens is 2. The normalized spacial score (nSPS) is 24.4. The second-order valence-corrected chi connectivity index (χ2v) is 5.57. The van der Waals surface area contributed by atoms with Crippen LogP contribution in [0.3, 0.4) is 0 Å². The first-order chi connectivity index (χ1) is 9.69. The van der Waals surface area contributed by atoms with Crippen molar-refractivity contribution in [2.24, 2.45) is 0 Å². The Bertz CT molecular complexity index is 596. The van der Waals surface area contributed by atoms with Gasteiger partial charge in [-0.1, -0.05) is 0 Å². The average molecular weight is 279 g/mol. The third-order valence-electron chi connectivity index (χ3n) is 4.25. The van der Waals surface area contributed by atoms with Gasteiger partial charge >= 0.3 is 0 Å². The van der Waals surface area contributed by atoms with E-state index in [1.54, 1.807) is 6.20 Å². The van der Waals surface area contributed by atoms with Crippen molar-refractivity contribution in [1.82, 2.24) is 15.1 Å². The number of H-pyrrole nitrogens is 1. The van der Waals surface area contributed by atoms with Crippen molar-refractivity contribution in [3.63, 3.8) is 0 Å². The minimum absolute atomic E-state index is 0.0986. The summed E-state index contributed by atoms with van der Waals surface area (Å²) in [5.74, 6) is -0.0986. The van der Waals surface area contributed by atoms with Crippen LogP contribution in [-0.4, -0.2) is 47.6 Å². The summed E-state index contributed by atoms with van der Waals surface area (Å²) in [6.45, 7) is 3.04. The predicted molar refractivity (Wildman–Crippen MR) is 75.5 cm³/mol. The maximum atomic E-state index is 14.4. The highest BCUT2D eigenvalue weighted by Gasteiger charge is 2.31. The topological polar surface area (TPSA) is 31.9 Å². The van der Waals surface area contributed by atoms with Crippen molar-refractivity contribution in [2.75, 3.05) is 26.3 Å². The summed E-state index contributed by atoms with van der Waals surface area (Å²) < 4.78 is 26.8. The Hall–Kier alpha value is -1.49. The van der Waals surface area contributed by atoms with E-state index in [4.69, 9.17) is 0 Å². The van der Waals surface area contributed by atoms with Crippen molar-refractivity contribution >= 4 is 10.9 Å². The molecule has 1 N–H and O–H groups in total. The number of fused-ring (bicyclic) bond motifs is 1. The van der Waals surface area contributed by atoms with Crippen molar-refractivity contribution in [3.8, 4) is 0 Å². The van der Waals surface area contributed by atoms with Gasteiger partial charge in [0.15, 0.2) is 0 Å². The first-order valence-electron chi connectivity index (χ1n) is 7.05. The molecule has 0 amide bonds. The van der Waals surface area contributed by atoms with Gasteiger partial charge in [-0.05, 0) is 43.1 Å². The molecule has 2 atom stereocenters. The second kappa shape index (κ2) is 5.48. The van der Waals surface area contributed by atoms with E-state index >= 15 is 0 Å². The maximum Gasteiger partial charge on any atom is 0.120 e. The zero-order valence-electron chi connectivity index (χ0n) is 11.6. The summed E-state index contributed by atoms with van der Waals surface area (Å²) in [6.07, 6.45) is 1.58. The Morgan fingerprint density at radius 3 is 3.05 bits per heavy atom. The van der Waals surface area contributed by atoms with Gasteiger partial charge in [-0.2, -0.15) is 5.10 Å². The number of aromatic amines is 1. The molecule has 20 heavy (non-hydrogen) atoms. The van der Waals surface area contributed by atoms with Gasteiger partial charge in [0, 0.05) is 24.4 Å². The van der Waals surface area contributed by atoms with Crippen molar-refractivity contribution < 1.29 is 8.78 Å². The number of nitrogens with zero attached hydrogens (tertiary/aromatic N) is 2. The number of aromatic nitrogens is 2. The number of hydrogen-bond acceptors (Lipinski definition) is 2. The minimum atomic E-state index is -0.936. The smallest absolute Gasteiger partial charge is 0.120 e. The van der Waals surface area contributed by atoms with Crippen LogP contribution in [0.15, 0.2) is 18.3 Å². The fourth-order valence-electron chi connectivity index (χ4n) is 3.16. The van der Waals surface area contributed by atoms with E-state index < -0.39 is 12.8 Å². The van der Waals surface area contributed by atoms with Crippen molar-refractivity contribution in [1.29, 1.82) is 0 Å². The van der Waals surface area contributed by atoms with Crippen molar-refractivity contribution in [3.05, 3.63) is 29.5 Å². The van der Waals surface area contributed by atoms with Crippen LogP contribution < -0.4 is 0 Å². The molecule has 0 radical (unpaired) electrons. The number of aryl methyl sites for hydroxylation is 1. The maximum absolute atomic E-state index is 14.4. The summed E-state index contributed by atoms with van der Waals surface area (Å²) in [5, 5.41) is 8.01. The molecule has 0 spiro atoms. The molecule has 0 unspecified atom stereocenters. The number of likely N-dealkylation sites (tertiary alicyclic amines) is 1. The van der Waals surface area contributed by atoms with Gasteiger partial charge in [0.2, 0.25) is 0 Å². The number of piperidine rings is 1. The van der Waals surface area contributed by atoms with Crippen LogP contribution in [0, 0.1) is 6.92 Å². The Morgan fingerprint density at radius 1 is 1.45 bits per heavy atom. The molecule has 2 aromatic rings. The van der Waals surface area contributed by atoms with Crippen LogP contribution in [0.1, 0.15) is 23.5 Å². The Kier molecular flexibility index (Phi) is 3.70. The van der Waals surface area contributed by atoms with E-state index in [0.717, 1.165) is 35.0 Å². The Labute approximate surface area is 117 Å². The van der Waals surface area contributed by atoms with Gasteiger partial charge < -0.3 is 0 Å². The molecule has 1 aliphatic heterocycles. The van der Waals surface area contributed by atoms with Crippen LogP contribution in [0.2, 0.25) is 0 Å². The highest BCUT2D eigenvalue weighted by atomic mass is 19.1. The number of hydrogen-bond donors (Lipinski definition) is 1. The first-order valence-corrected chi connectivity index (χ1v) is 7.05. The minimum Gasteiger partial charge on any atom is -0.298 e. The average Bonchev–Trinajstić information content (AvgIpc) is 2.86. The molecule has 0 bridgehead atoms. The van der Waals surface area contributed by atoms with Gasteiger partial charge in [-0.3, -0.25) is 10.00 Å². The molecule has 3 rings (SSSR count). The SMILES string of the molecule is Cc1cc2cn[nH]c2cc1[C@@H]1CCN(CCF)C[C@@H]1F. The molecule has 1 fully saturated rings. The monoisotopic (exact) mass is 279 g/mol. The molecular formula is C15H19F2N3. The van der Waals surface area contributed by atoms with Gasteiger partial charge in [0.25, 0.3) is 0 Å². The van der Waals surface area contributed by atoms with E-state index in [-0.39, 0.29) is 5.92 Å². The zero-order chi connectivity index (χ0) is 14.1. The Morgan fingerprint density at radius 2 is 2.30 bits per heavy atom. The lowest BCUT2D eigenvalue weighted by atomic mass is 9.85. The van der Waals surface area contributed by atoms with Gasteiger partial charge in [0.05, 0.1) is 11.7 Å². The summed E-state index contributed by atoms with van der Waals surface area (Å²) in [7, 11) is 0. The zero-order valence-corrected chi connectivity index (χ0v) is 11.6. The summed E-state index contributed by atoms with van der Waals surface area (Å²) in [6, 6.07) is 4.06. The molecule has 1 aliphatic rings. The third kappa shape index (κ3) is 2.42. The van der Waals surface area contributed by atoms with Gasteiger partial charge in [-0.25, -0.2) is 8.78 Å². The standard InChI is InChI=1S/C15H19F2N3/c1-10-6-11-8-18-19-15(11)7-13(10)12-2-4-20(5-3-16)9-14(12)17/h6-8,12,14H,2-5,9H2,1H3,(H,18,19)/t12-,14-/m0/s1. The fourth-order valence-corrected chi connectivity index (χ4v) is 3.16. The lowest BCUT2D eigenvalue weighted by Crippen LogP contribution is -2.41. The molecule has 1 aromatic carbocycles. The molecule has 0 aliphatic carbocycles. The molecule has 2 heterocycles. The summed E-state index contributed by atoms with van der Waals surface area (Å²) >= 11 is 0. The lowest BCUT2D eigenvalue weighted by molar-refractivity contribution is 0.112. The lowest BCUT2D eigenvalue weighted by Gasteiger charge is -2.35. The van der Waals surface area contributed by atoms with E-state index in [2.05, 4.69) is 16.3 Å². The largest absolute Gasteiger partial charge is 0.298 e. The summed E-state index contributed by atoms with van der Waals surface area (Å²) in [5.41, 5.74) is 3.10. The second-order valence-electron chi connectivity index (χ2n) is 5.57. The highest BCUT2D eigenvalue weighted by Crippen LogP contribution is 2.34. The van der Waals surface area contributed by atoms with Crippen LogP contribution in [-0.2, 0) is 0 Å². The molecule has 1 aromatic heterocycles. The summed E-state index contributed by atoms with van der Waals surface area (Å²) in [4.78, 5) is 1.87. The first kappa shape index (κ1) is 13.5. The Balaban J connectivity index is 1.85. The quantitative estimate of drug-likeness (QED) is 0.936. The van der Waals surface area contributed by atoms with E-state index in [1.807, 2.05) is 17.9 Å². The van der Waals surface area contributed by atoms with E-state index in [9.17, 15) is 8.78 Å². The van der Waals surface area contributed by atoms with E-state index in [0.29, 0.717) is 13.1 Å². The predicted octanol–water partition coefficient (Wildman–Crippen LogP) is 2.97. The van der Waals surface area contributed by atoms with E-state index in [1.165, 1.54) is 0 Å². The molecule has 108 valence electrons. The number of benzene rings is 1. The number of nitrogens with one attached hydrogen (secondary N) is 1. The molecule has 1 saturated heterocycles. The highest BCUT2D eigenvalue weighted by molar-refractivity contribution is 5.79. The molecule has 5 heteroatoms. The molecule has 3 nitrogen and oxygen atoms in total. The third-order valence-corrected chi connectivity index (χ3v) is 4.25. The van der Waals surface area contributed by atoms with Crippen LogP contribution in [0.4, 0.5) is 8.78 Å². The fraction of sp³-hybridized carbons (Fsp3) is 0.533. The number of alkyl halides is 2. The molecule has 0 saturated carbocycles. The number of rotatable bonds is 3. The van der Waals surface area contributed by atoms with Crippen LogP contribution >= 0.6 is 0 Å². The van der Waals surface area contributed by atoms with Gasteiger partial charge in [-0.15, -0.1) is 0 Å². The van der Waals surface area contributed by atoms with Gasteiger partial charge in [0.1, 0.15) is 12.8 Å².